The summed E-state index contributed by atoms with van der Waals surface area (Å²) >= 11 is 0. The summed E-state index contributed by atoms with van der Waals surface area (Å²) in [5.41, 5.74) is 0. The number of hydrogen-bond donors (Lipinski definition) is 0. The van der Waals surface area contributed by atoms with E-state index in [1.807, 2.05) is 11.9 Å². The molecule has 2 rings (SSSR count). The zero-order valence-corrected chi connectivity index (χ0v) is 13.9. The Hall–Kier alpha value is -1.14. The van der Waals surface area contributed by atoms with Crippen molar-refractivity contribution < 1.29 is 8.42 Å². The van der Waals surface area contributed by atoms with Crippen molar-refractivity contribution in [3.63, 3.8) is 0 Å². The van der Waals surface area contributed by atoms with Crippen LogP contribution in [0.2, 0.25) is 0 Å². The molecule has 6 heteroatoms. The van der Waals surface area contributed by atoms with Crippen LogP contribution in [0.5, 0.6) is 0 Å². The van der Waals surface area contributed by atoms with Crippen LogP contribution in [0, 0.1) is 5.92 Å². The molecule has 0 atom stereocenters. The monoisotopic (exact) mass is 311 g/mol. The third-order valence-corrected chi connectivity index (χ3v) is 5.59. The van der Waals surface area contributed by atoms with Crippen LogP contribution in [0.3, 0.4) is 0 Å². The minimum Gasteiger partial charge on any atom is -0.359 e. The van der Waals surface area contributed by atoms with Gasteiger partial charge in [0.2, 0.25) is 10.0 Å². The average Bonchev–Trinajstić information content (AvgIpc) is 2.47. The fourth-order valence-corrected chi connectivity index (χ4v) is 4.11. The van der Waals surface area contributed by atoms with Gasteiger partial charge in [-0.1, -0.05) is 20.3 Å². The van der Waals surface area contributed by atoms with E-state index < -0.39 is 10.0 Å². The molecule has 0 aromatic carbocycles. The van der Waals surface area contributed by atoms with Gasteiger partial charge in [-0.05, 0) is 30.9 Å². The van der Waals surface area contributed by atoms with Crippen molar-refractivity contribution in [1.82, 2.24) is 9.29 Å². The maximum atomic E-state index is 12.5. The van der Waals surface area contributed by atoms with Gasteiger partial charge in [-0.2, -0.15) is 4.31 Å². The second-order valence-corrected chi connectivity index (χ2v) is 8.03. The van der Waals surface area contributed by atoms with Crippen LogP contribution in [0.1, 0.15) is 33.1 Å². The summed E-state index contributed by atoms with van der Waals surface area (Å²) in [4.78, 5) is 6.65. The van der Waals surface area contributed by atoms with Gasteiger partial charge in [0.25, 0.3) is 0 Å². The second-order valence-electron chi connectivity index (χ2n) is 6.09. The van der Waals surface area contributed by atoms with Gasteiger partial charge >= 0.3 is 0 Å². The van der Waals surface area contributed by atoms with Crippen molar-refractivity contribution in [3.8, 4) is 0 Å². The number of sulfonamides is 1. The van der Waals surface area contributed by atoms with Gasteiger partial charge < -0.3 is 4.90 Å². The highest BCUT2D eigenvalue weighted by Crippen LogP contribution is 2.21. The fourth-order valence-electron chi connectivity index (χ4n) is 2.65. The first-order valence-corrected chi connectivity index (χ1v) is 9.02. The molecular weight excluding hydrogens is 286 g/mol. The van der Waals surface area contributed by atoms with Crippen molar-refractivity contribution in [2.24, 2.45) is 5.92 Å². The van der Waals surface area contributed by atoms with Crippen molar-refractivity contribution in [1.29, 1.82) is 0 Å². The van der Waals surface area contributed by atoms with E-state index in [1.165, 1.54) is 6.20 Å². The van der Waals surface area contributed by atoms with Gasteiger partial charge in [0.15, 0.2) is 0 Å². The van der Waals surface area contributed by atoms with Crippen LogP contribution in [-0.4, -0.2) is 44.4 Å². The summed E-state index contributed by atoms with van der Waals surface area (Å²) in [6, 6.07) is 3.46. The maximum Gasteiger partial charge on any atom is 0.244 e. The number of hydrogen-bond acceptors (Lipinski definition) is 4. The molecule has 1 aromatic heterocycles. The van der Waals surface area contributed by atoms with E-state index in [9.17, 15) is 8.42 Å². The highest BCUT2D eigenvalue weighted by molar-refractivity contribution is 7.89. The van der Waals surface area contributed by atoms with E-state index in [4.69, 9.17) is 0 Å². The Morgan fingerprint density at radius 2 is 1.90 bits per heavy atom. The number of aromatic nitrogens is 1. The third-order valence-electron chi connectivity index (χ3n) is 3.70. The lowest BCUT2D eigenvalue weighted by molar-refractivity contribution is 0.346. The van der Waals surface area contributed by atoms with Gasteiger partial charge in [0, 0.05) is 32.9 Å². The molecule has 0 saturated carbocycles. The molecule has 0 aliphatic carbocycles. The number of pyridine rings is 1. The lowest BCUT2D eigenvalue weighted by Crippen LogP contribution is -2.35. The molecular formula is C15H25N3O2S. The Bertz CT molecular complexity index is 549. The second kappa shape index (κ2) is 6.75. The molecule has 0 unspecified atom stereocenters. The normalized spacial score (nSPS) is 17.1. The predicted molar refractivity (Wildman–Crippen MR) is 85.0 cm³/mol. The van der Waals surface area contributed by atoms with Gasteiger partial charge in [-0.15, -0.1) is 0 Å². The Balaban J connectivity index is 2.14. The number of anilines is 1. The minimum absolute atomic E-state index is 0.297. The molecule has 0 radical (unpaired) electrons. The van der Waals surface area contributed by atoms with Crippen molar-refractivity contribution in [3.05, 3.63) is 18.3 Å². The lowest BCUT2D eigenvalue weighted by Gasteiger charge is -2.26. The SMILES string of the molecule is CC(C)CN(C)c1ccc(S(=O)(=O)N2CCCCC2)cn1. The number of piperidine rings is 1. The smallest absolute Gasteiger partial charge is 0.244 e. The topological polar surface area (TPSA) is 53.5 Å². The summed E-state index contributed by atoms with van der Waals surface area (Å²) in [5.74, 6) is 1.34. The van der Waals surface area contributed by atoms with E-state index in [0.717, 1.165) is 31.6 Å². The molecule has 1 aromatic rings. The van der Waals surface area contributed by atoms with Crippen molar-refractivity contribution in [2.45, 2.75) is 38.0 Å². The Morgan fingerprint density at radius 3 is 2.43 bits per heavy atom. The van der Waals surface area contributed by atoms with E-state index in [-0.39, 0.29) is 0 Å². The zero-order chi connectivity index (χ0) is 15.5. The Morgan fingerprint density at radius 1 is 1.24 bits per heavy atom. The number of rotatable bonds is 5. The summed E-state index contributed by atoms with van der Waals surface area (Å²) in [6.45, 7) is 6.43. The fraction of sp³-hybridized carbons (Fsp3) is 0.667. The molecule has 5 nitrogen and oxygen atoms in total. The maximum absolute atomic E-state index is 12.5. The summed E-state index contributed by atoms with van der Waals surface area (Å²) in [5, 5.41) is 0. The van der Waals surface area contributed by atoms with Crippen molar-refractivity contribution in [2.75, 3.05) is 31.6 Å². The molecule has 1 aliphatic heterocycles. The highest BCUT2D eigenvalue weighted by Gasteiger charge is 2.26. The van der Waals surface area contributed by atoms with E-state index >= 15 is 0 Å². The van der Waals surface area contributed by atoms with Gasteiger partial charge in [-0.3, -0.25) is 0 Å². The molecule has 118 valence electrons. The molecule has 0 amide bonds. The van der Waals surface area contributed by atoms with Gasteiger partial charge in [0.05, 0.1) is 0 Å². The molecule has 1 fully saturated rings. The van der Waals surface area contributed by atoms with Crippen molar-refractivity contribution >= 4 is 15.8 Å². The van der Waals surface area contributed by atoms with Crippen LogP contribution < -0.4 is 4.90 Å². The quantitative estimate of drug-likeness (QED) is 0.837. The van der Waals surface area contributed by atoms with Crippen LogP contribution in [0.4, 0.5) is 5.82 Å². The summed E-state index contributed by atoms with van der Waals surface area (Å²) in [6.07, 6.45) is 4.49. The van der Waals surface area contributed by atoms with Gasteiger partial charge in [0.1, 0.15) is 10.7 Å². The third kappa shape index (κ3) is 3.95. The summed E-state index contributed by atoms with van der Waals surface area (Å²) in [7, 11) is -1.40. The molecule has 1 aliphatic rings. The minimum atomic E-state index is -3.38. The van der Waals surface area contributed by atoms with Crippen LogP contribution in [0.25, 0.3) is 0 Å². The van der Waals surface area contributed by atoms with Crippen LogP contribution in [-0.2, 0) is 10.0 Å². The van der Waals surface area contributed by atoms with Crippen LogP contribution >= 0.6 is 0 Å². The van der Waals surface area contributed by atoms with Gasteiger partial charge in [-0.25, -0.2) is 13.4 Å². The van der Waals surface area contributed by atoms with E-state index in [2.05, 4.69) is 18.8 Å². The molecule has 1 saturated heterocycles. The van der Waals surface area contributed by atoms with Crippen LogP contribution in [0.15, 0.2) is 23.2 Å². The Labute approximate surface area is 128 Å². The predicted octanol–water partition coefficient (Wildman–Crippen LogP) is 2.35. The zero-order valence-electron chi connectivity index (χ0n) is 13.1. The first kappa shape index (κ1) is 16.2. The van der Waals surface area contributed by atoms with E-state index in [0.29, 0.717) is 23.9 Å². The molecule has 0 bridgehead atoms. The highest BCUT2D eigenvalue weighted by atomic mass is 32.2. The standard InChI is InChI=1S/C15H25N3O2S/c1-13(2)12-17(3)15-8-7-14(11-16-15)21(19,20)18-9-5-4-6-10-18/h7-8,11,13H,4-6,9-10,12H2,1-3H3. The Kier molecular flexibility index (Phi) is 5.22. The molecule has 0 spiro atoms. The summed E-state index contributed by atoms with van der Waals surface area (Å²) < 4.78 is 26.6. The molecule has 21 heavy (non-hydrogen) atoms. The van der Waals surface area contributed by atoms with E-state index in [1.54, 1.807) is 16.4 Å². The first-order valence-electron chi connectivity index (χ1n) is 7.58. The number of nitrogens with zero attached hydrogens (tertiary/aromatic N) is 3. The first-order chi connectivity index (χ1) is 9.91. The largest absolute Gasteiger partial charge is 0.359 e. The lowest BCUT2D eigenvalue weighted by atomic mass is 10.2. The molecule has 0 N–H and O–H groups in total. The molecule has 2 heterocycles. The average molecular weight is 311 g/mol.